The first-order chi connectivity index (χ1) is 15.4. The lowest BCUT2D eigenvalue weighted by atomic mass is 10.0. The maximum Gasteiger partial charge on any atom is 0.255 e. The molecule has 1 aliphatic rings. The van der Waals surface area contributed by atoms with Crippen LogP contribution >= 0.6 is 0 Å². The highest BCUT2D eigenvalue weighted by Crippen LogP contribution is 2.24. The molecule has 4 nitrogen and oxygen atoms in total. The highest BCUT2D eigenvalue weighted by Gasteiger charge is 2.30. The molecule has 1 saturated heterocycles. The van der Waals surface area contributed by atoms with Crippen LogP contribution in [-0.2, 0) is 11.3 Å². The number of hydrogen-bond donors (Lipinski definition) is 1. The first-order valence-electron chi connectivity index (χ1n) is 11.4. The van der Waals surface area contributed by atoms with Crippen molar-refractivity contribution >= 4 is 11.6 Å². The molecule has 1 heterocycles. The van der Waals surface area contributed by atoms with Crippen LogP contribution in [0.3, 0.4) is 0 Å². The Hall–Kier alpha value is -2.66. The van der Waals surface area contributed by atoms with Crippen molar-refractivity contribution in [3.63, 3.8) is 0 Å². The summed E-state index contributed by atoms with van der Waals surface area (Å²) in [5.74, 6) is -0.0926. The van der Waals surface area contributed by atoms with E-state index in [4.69, 9.17) is 4.74 Å². The minimum Gasteiger partial charge on any atom is -1.00 e. The minimum atomic E-state index is -0.0926. The number of carbonyl (C=O) groups excluding carboxylic acids is 1. The van der Waals surface area contributed by atoms with Gasteiger partial charge in [-0.05, 0) is 42.3 Å². The second-order valence-corrected chi connectivity index (χ2v) is 9.38. The van der Waals surface area contributed by atoms with Crippen LogP contribution in [0.2, 0.25) is 0 Å². The van der Waals surface area contributed by atoms with E-state index in [1.807, 2.05) is 36.4 Å². The summed E-state index contributed by atoms with van der Waals surface area (Å²) in [6.07, 6.45) is 2.23. The van der Waals surface area contributed by atoms with Crippen LogP contribution in [0.15, 0.2) is 72.8 Å². The second-order valence-electron chi connectivity index (χ2n) is 9.38. The molecule has 0 saturated carbocycles. The lowest BCUT2D eigenvalue weighted by Gasteiger charge is -2.40. The Morgan fingerprint density at radius 1 is 0.939 bits per heavy atom. The van der Waals surface area contributed by atoms with Crippen LogP contribution in [0.4, 0.5) is 5.69 Å². The number of ether oxygens (including phenoxy) is 1. The van der Waals surface area contributed by atoms with Crippen molar-refractivity contribution < 1.29 is 26.4 Å². The molecular formula is C28H33ClN2O2. The average molecular weight is 465 g/mol. The van der Waals surface area contributed by atoms with Gasteiger partial charge in [0.2, 0.25) is 0 Å². The summed E-state index contributed by atoms with van der Waals surface area (Å²) in [5, 5.41) is 3.04. The third kappa shape index (κ3) is 6.44. The van der Waals surface area contributed by atoms with Gasteiger partial charge < -0.3 is 26.9 Å². The number of hydrogen-bond acceptors (Lipinski definition) is 2. The van der Waals surface area contributed by atoms with E-state index >= 15 is 0 Å². The van der Waals surface area contributed by atoms with Gasteiger partial charge in [-0.3, -0.25) is 4.79 Å². The Morgan fingerprint density at radius 2 is 1.61 bits per heavy atom. The zero-order valence-electron chi connectivity index (χ0n) is 19.7. The number of halogens is 1. The number of rotatable bonds is 6. The predicted octanol–water partition coefficient (Wildman–Crippen LogP) is 2.67. The van der Waals surface area contributed by atoms with Gasteiger partial charge in [0.25, 0.3) is 5.91 Å². The summed E-state index contributed by atoms with van der Waals surface area (Å²) >= 11 is 0. The number of anilines is 1. The number of nitrogens with zero attached hydrogens (tertiary/aromatic N) is 1. The first-order valence-corrected chi connectivity index (χ1v) is 11.4. The molecule has 1 N–H and O–H groups in total. The molecule has 5 heteroatoms. The zero-order chi connectivity index (χ0) is 22.6. The standard InChI is InChI=1S/C28H32N2O2.ClH/c1-21-7-11-23(12-8-21)24-5-4-6-25(19-24)28(31)29-26-13-9-22(10-14-26)20-30(2,3)27-15-17-32-18-16-27;/h4-14,19,27H,15-18,20H2,1-3H3;1H. The number of benzene rings is 3. The third-order valence-corrected chi connectivity index (χ3v) is 6.49. The molecule has 1 amide bonds. The van der Waals surface area contributed by atoms with Crippen molar-refractivity contribution in [1.82, 2.24) is 0 Å². The van der Waals surface area contributed by atoms with Crippen molar-refractivity contribution in [2.75, 3.05) is 32.6 Å². The van der Waals surface area contributed by atoms with Crippen LogP contribution in [0.1, 0.15) is 34.3 Å². The second kappa shape index (κ2) is 11.0. The Bertz CT molecular complexity index is 1060. The Morgan fingerprint density at radius 3 is 2.27 bits per heavy atom. The molecule has 3 aromatic rings. The van der Waals surface area contributed by atoms with Gasteiger partial charge in [-0.1, -0.05) is 54.1 Å². The summed E-state index contributed by atoms with van der Waals surface area (Å²) in [6, 6.07) is 25.0. The number of nitrogens with one attached hydrogen (secondary N) is 1. The van der Waals surface area contributed by atoms with Crippen LogP contribution < -0.4 is 17.7 Å². The molecule has 1 fully saturated rings. The number of carbonyl (C=O) groups is 1. The normalized spacial score (nSPS) is 14.4. The minimum absolute atomic E-state index is 0. The van der Waals surface area contributed by atoms with Crippen LogP contribution in [-0.4, -0.2) is 43.7 Å². The molecule has 0 spiro atoms. The molecule has 3 aromatic carbocycles. The fourth-order valence-corrected chi connectivity index (χ4v) is 4.47. The summed E-state index contributed by atoms with van der Waals surface area (Å²) < 4.78 is 6.48. The fourth-order valence-electron chi connectivity index (χ4n) is 4.47. The van der Waals surface area contributed by atoms with Crippen LogP contribution in [0.5, 0.6) is 0 Å². The topological polar surface area (TPSA) is 38.3 Å². The number of quaternary nitrogens is 1. The fraction of sp³-hybridized carbons (Fsp3) is 0.321. The van der Waals surface area contributed by atoms with Gasteiger partial charge in [-0.25, -0.2) is 0 Å². The molecular weight excluding hydrogens is 432 g/mol. The summed E-state index contributed by atoms with van der Waals surface area (Å²) in [5.41, 5.74) is 6.13. The quantitative estimate of drug-likeness (QED) is 0.569. The molecule has 0 radical (unpaired) electrons. The van der Waals surface area contributed by atoms with E-state index in [1.165, 1.54) is 11.1 Å². The van der Waals surface area contributed by atoms with Gasteiger partial charge in [0.1, 0.15) is 6.54 Å². The molecule has 1 aliphatic heterocycles. The van der Waals surface area contributed by atoms with Gasteiger partial charge in [-0.2, -0.15) is 0 Å². The van der Waals surface area contributed by atoms with Crippen molar-refractivity contribution in [3.8, 4) is 11.1 Å². The smallest absolute Gasteiger partial charge is 0.255 e. The van der Waals surface area contributed by atoms with E-state index in [9.17, 15) is 4.79 Å². The maximum atomic E-state index is 12.8. The molecule has 0 bridgehead atoms. The summed E-state index contributed by atoms with van der Waals surface area (Å²) in [6.45, 7) is 4.77. The molecule has 0 atom stereocenters. The number of amides is 1. The first kappa shape index (κ1) is 25.0. The van der Waals surface area contributed by atoms with E-state index in [-0.39, 0.29) is 18.3 Å². The summed E-state index contributed by atoms with van der Waals surface area (Å²) in [4.78, 5) is 12.8. The summed E-state index contributed by atoms with van der Waals surface area (Å²) in [7, 11) is 4.60. The van der Waals surface area contributed by atoms with Crippen molar-refractivity contribution in [2.45, 2.75) is 32.4 Å². The van der Waals surface area contributed by atoms with Crippen molar-refractivity contribution in [2.24, 2.45) is 0 Å². The maximum absolute atomic E-state index is 12.8. The molecule has 4 rings (SSSR count). The predicted molar refractivity (Wildman–Crippen MR) is 131 cm³/mol. The van der Waals surface area contributed by atoms with Gasteiger partial charge in [-0.15, -0.1) is 0 Å². The van der Waals surface area contributed by atoms with Crippen molar-refractivity contribution in [1.29, 1.82) is 0 Å². The van der Waals surface area contributed by atoms with Gasteiger partial charge >= 0.3 is 0 Å². The highest BCUT2D eigenvalue weighted by atomic mass is 35.5. The van der Waals surface area contributed by atoms with Crippen LogP contribution in [0.25, 0.3) is 11.1 Å². The number of aryl methyl sites for hydroxylation is 1. The monoisotopic (exact) mass is 464 g/mol. The highest BCUT2D eigenvalue weighted by molar-refractivity contribution is 6.04. The Balaban J connectivity index is 0.00000306. The van der Waals surface area contributed by atoms with E-state index < -0.39 is 0 Å². The molecule has 0 unspecified atom stereocenters. The van der Waals surface area contributed by atoms with Gasteiger partial charge in [0.15, 0.2) is 0 Å². The van der Waals surface area contributed by atoms with Crippen LogP contribution in [0, 0.1) is 6.92 Å². The van der Waals surface area contributed by atoms with Crippen molar-refractivity contribution in [3.05, 3.63) is 89.5 Å². The third-order valence-electron chi connectivity index (χ3n) is 6.49. The average Bonchev–Trinajstić information content (AvgIpc) is 2.81. The molecule has 0 aromatic heterocycles. The molecule has 174 valence electrons. The Kier molecular flexibility index (Phi) is 8.30. The van der Waals surface area contributed by atoms with E-state index in [0.717, 1.165) is 53.9 Å². The van der Waals surface area contributed by atoms with Gasteiger partial charge in [0.05, 0.1) is 33.4 Å². The van der Waals surface area contributed by atoms with E-state index in [0.29, 0.717) is 11.6 Å². The van der Waals surface area contributed by atoms with E-state index in [1.54, 1.807) is 0 Å². The lowest BCUT2D eigenvalue weighted by molar-refractivity contribution is -0.929. The van der Waals surface area contributed by atoms with E-state index in [2.05, 4.69) is 62.7 Å². The lowest BCUT2D eigenvalue weighted by Crippen LogP contribution is -3.00. The molecule has 33 heavy (non-hydrogen) atoms. The Labute approximate surface area is 203 Å². The largest absolute Gasteiger partial charge is 1.00 e. The van der Waals surface area contributed by atoms with Gasteiger partial charge in [0, 0.05) is 29.7 Å². The SMILES string of the molecule is Cc1ccc(-c2cccc(C(=O)Nc3ccc(C[N+](C)(C)C4CCOCC4)cc3)c2)cc1.[Cl-]. The molecule has 0 aliphatic carbocycles. The zero-order valence-corrected chi connectivity index (χ0v) is 20.4.